The first-order chi connectivity index (χ1) is 10.6. The molecule has 5 heteroatoms. The lowest BCUT2D eigenvalue weighted by Crippen LogP contribution is -2.34. The molecular formula is C17H26N2O3. The molecule has 0 spiro atoms. The predicted molar refractivity (Wildman–Crippen MR) is 86.7 cm³/mol. The second-order valence-corrected chi connectivity index (χ2v) is 5.88. The number of carbonyl (C=O) groups excluding carboxylic acids is 1. The van der Waals surface area contributed by atoms with Crippen molar-refractivity contribution in [1.82, 2.24) is 10.2 Å². The molecule has 0 aliphatic carbocycles. The molecule has 0 bridgehead atoms. The van der Waals surface area contributed by atoms with Gasteiger partial charge in [-0.25, -0.2) is 0 Å². The molecular weight excluding hydrogens is 280 g/mol. The molecule has 1 amide bonds. The van der Waals surface area contributed by atoms with Gasteiger partial charge < -0.3 is 19.7 Å². The summed E-state index contributed by atoms with van der Waals surface area (Å²) < 4.78 is 10.4. The topological polar surface area (TPSA) is 50.8 Å². The molecule has 1 aliphatic heterocycles. The van der Waals surface area contributed by atoms with Crippen molar-refractivity contribution in [3.05, 3.63) is 23.8 Å². The quantitative estimate of drug-likeness (QED) is 0.875. The summed E-state index contributed by atoms with van der Waals surface area (Å²) in [6, 6.07) is 5.25. The molecule has 1 aromatic rings. The van der Waals surface area contributed by atoms with Crippen molar-refractivity contribution in [2.45, 2.75) is 19.3 Å². The highest BCUT2D eigenvalue weighted by atomic mass is 16.5. The van der Waals surface area contributed by atoms with E-state index in [1.54, 1.807) is 32.4 Å². The van der Waals surface area contributed by atoms with E-state index < -0.39 is 0 Å². The Bertz CT molecular complexity index is 505. The van der Waals surface area contributed by atoms with E-state index in [9.17, 15) is 4.79 Å². The van der Waals surface area contributed by atoms with Gasteiger partial charge in [-0.05, 0) is 57.0 Å². The van der Waals surface area contributed by atoms with Crippen molar-refractivity contribution >= 4 is 5.91 Å². The number of piperidine rings is 1. The van der Waals surface area contributed by atoms with E-state index in [4.69, 9.17) is 9.47 Å². The number of nitrogens with one attached hydrogen (secondary N) is 1. The van der Waals surface area contributed by atoms with Crippen LogP contribution in [0.25, 0.3) is 0 Å². The summed E-state index contributed by atoms with van der Waals surface area (Å²) in [5.41, 5.74) is 0.516. The van der Waals surface area contributed by atoms with Gasteiger partial charge in [0.25, 0.3) is 5.91 Å². The van der Waals surface area contributed by atoms with Gasteiger partial charge in [0.2, 0.25) is 0 Å². The van der Waals surface area contributed by atoms with Crippen LogP contribution in [0.3, 0.4) is 0 Å². The van der Waals surface area contributed by atoms with Gasteiger partial charge in [0.15, 0.2) is 0 Å². The third-order valence-electron chi connectivity index (χ3n) is 4.21. The number of likely N-dealkylation sites (tertiary alicyclic amines) is 1. The smallest absolute Gasteiger partial charge is 0.255 e. The van der Waals surface area contributed by atoms with Crippen molar-refractivity contribution in [3.8, 4) is 11.5 Å². The fourth-order valence-corrected chi connectivity index (χ4v) is 2.99. The average molecular weight is 306 g/mol. The van der Waals surface area contributed by atoms with Gasteiger partial charge in [0.1, 0.15) is 11.5 Å². The Morgan fingerprint density at radius 1 is 1.36 bits per heavy atom. The number of ether oxygens (including phenoxy) is 2. The third kappa shape index (κ3) is 4.37. The Morgan fingerprint density at radius 3 is 2.86 bits per heavy atom. The van der Waals surface area contributed by atoms with Crippen LogP contribution in [0.4, 0.5) is 0 Å². The second-order valence-electron chi connectivity index (χ2n) is 5.88. The fraction of sp³-hybridized carbons (Fsp3) is 0.588. The van der Waals surface area contributed by atoms with Gasteiger partial charge in [0.05, 0.1) is 19.8 Å². The van der Waals surface area contributed by atoms with Crippen LogP contribution in [-0.4, -0.2) is 51.7 Å². The summed E-state index contributed by atoms with van der Waals surface area (Å²) in [5.74, 6) is 1.78. The molecule has 5 nitrogen and oxygen atoms in total. The van der Waals surface area contributed by atoms with Gasteiger partial charge in [-0.1, -0.05) is 0 Å². The summed E-state index contributed by atoms with van der Waals surface area (Å²) >= 11 is 0. The molecule has 1 saturated heterocycles. The maximum absolute atomic E-state index is 12.3. The number of amides is 1. The summed E-state index contributed by atoms with van der Waals surface area (Å²) in [4.78, 5) is 14.7. The molecule has 0 unspecified atom stereocenters. The number of hydrogen-bond donors (Lipinski definition) is 1. The van der Waals surface area contributed by atoms with Crippen molar-refractivity contribution in [3.63, 3.8) is 0 Å². The minimum atomic E-state index is -0.111. The standard InChI is InChI=1S/C17H26N2O3/c1-19-10-4-5-13(12-19)8-9-18-17(20)15-11-14(21-2)6-7-16(15)22-3/h6-7,11,13H,4-5,8-10,12H2,1-3H3,(H,18,20)/t13-/m0/s1. The average Bonchev–Trinajstić information content (AvgIpc) is 2.54. The lowest BCUT2D eigenvalue weighted by Gasteiger charge is -2.29. The van der Waals surface area contributed by atoms with E-state index in [1.807, 2.05) is 0 Å². The van der Waals surface area contributed by atoms with Crippen LogP contribution >= 0.6 is 0 Å². The largest absolute Gasteiger partial charge is 0.497 e. The number of nitrogens with zero attached hydrogens (tertiary/aromatic N) is 1. The molecule has 1 N–H and O–H groups in total. The Labute approximate surface area is 132 Å². The zero-order chi connectivity index (χ0) is 15.9. The first-order valence-corrected chi connectivity index (χ1v) is 7.82. The first kappa shape index (κ1) is 16.6. The molecule has 1 atom stereocenters. The number of carbonyl (C=O) groups is 1. The van der Waals surface area contributed by atoms with Crippen molar-refractivity contribution in [1.29, 1.82) is 0 Å². The Kier molecular flexibility index (Phi) is 6.07. The highest BCUT2D eigenvalue weighted by Gasteiger charge is 2.18. The lowest BCUT2D eigenvalue weighted by atomic mass is 9.95. The number of rotatable bonds is 6. The monoisotopic (exact) mass is 306 g/mol. The summed E-state index contributed by atoms with van der Waals surface area (Å²) in [5, 5.41) is 2.99. The third-order valence-corrected chi connectivity index (χ3v) is 4.21. The Balaban J connectivity index is 1.89. The molecule has 1 heterocycles. The highest BCUT2D eigenvalue weighted by molar-refractivity contribution is 5.97. The summed E-state index contributed by atoms with van der Waals surface area (Å²) in [6.45, 7) is 3.00. The number of benzene rings is 1. The van der Waals surface area contributed by atoms with E-state index in [0.29, 0.717) is 29.5 Å². The molecule has 0 aromatic heterocycles. The maximum atomic E-state index is 12.3. The molecule has 1 aliphatic rings. The van der Waals surface area contributed by atoms with E-state index >= 15 is 0 Å². The normalized spacial score (nSPS) is 18.8. The zero-order valence-corrected chi connectivity index (χ0v) is 13.7. The van der Waals surface area contributed by atoms with Crippen LogP contribution in [-0.2, 0) is 0 Å². The van der Waals surface area contributed by atoms with Gasteiger partial charge in [-0.15, -0.1) is 0 Å². The minimum absolute atomic E-state index is 0.111. The van der Waals surface area contributed by atoms with E-state index in [2.05, 4.69) is 17.3 Å². The Hall–Kier alpha value is -1.75. The molecule has 1 fully saturated rings. The summed E-state index contributed by atoms with van der Waals surface area (Å²) in [7, 11) is 5.31. The van der Waals surface area contributed by atoms with Crippen molar-refractivity contribution in [2.75, 3.05) is 40.9 Å². The number of hydrogen-bond acceptors (Lipinski definition) is 4. The fourth-order valence-electron chi connectivity index (χ4n) is 2.99. The van der Waals surface area contributed by atoms with Gasteiger partial charge in [0, 0.05) is 13.1 Å². The van der Waals surface area contributed by atoms with Crippen LogP contribution in [0.1, 0.15) is 29.6 Å². The molecule has 0 radical (unpaired) electrons. The van der Waals surface area contributed by atoms with Crippen LogP contribution in [0.2, 0.25) is 0 Å². The number of methoxy groups -OCH3 is 2. The zero-order valence-electron chi connectivity index (χ0n) is 13.7. The first-order valence-electron chi connectivity index (χ1n) is 7.82. The predicted octanol–water partition coefficient (Wildman–Crippen LogP) is 2.17. The molecule has 122 valence electrons. The molecule has 22 heavy (non-hydrogen) atoms. The van der Waals surface area contributed by atoms with E-state index in [0.717, 1.165) is 13.0 Å². The van der Waals surface area contributed by atoms with E-state index in [-0.39, 0.29) is 5.91 Å². The van der Waals surface area contributed by atoms with Crippen LogP contribution < -0.4 is 14.8 Å². The van der Waals surface area contributed by atoms with Crippen LogP contribution in [0.5, 0.6) is 11.5 Å². The minimum Gasteiger partial charge on any atom is -0.497 e. The molecule has 2 rings (SSSR count). The maximum Gasteiger partial charge on any atom is 0.255 e. The SMILES string of the molecule is COc1ccc(OC)c(C(=O)NCC[C@@H]2CCCN(C)C2)c1. The molecule has 0 saturated carbocycles. The lowest BCUT2D eigenvalue weighted by molar-refractivity contribution is 0.0945. The van der Waals surface area contributed by atoms with Gasteiger partial charge in [-0.2, -0.15) is 0 Å². The Morgan fingerprint density at radius 2 is 2.18 bits per heavy atom. The van der Waals surface area contributed by atoms with Crippen molar-refractivity contribution in [2.24, 2.45) is 5.92 Å². The van der Waals surface area contributed by atoms with Crippen molar-refractivity contribution < 1.29 is 14.3 Å². The second kappa shape index (κ2) is 8.03. The van der Waals surface area contributed by atoms with Crippen LogP contribution in [0.15, 0.2) is 18.2 Å². The van der Waals surface area contributed by atoms with Crippen LogP contribution in [0, 0.1) is 5.92 Å². The summed E-state index contributed by atoms with van der Waals surface area (Å²) in [6.07, 6.45) is 3.52. The van der Waals surface area contributed by atoms with Gasteiger partial charge in [-0.3, -0.25) is 4.79 Å². The highest BCUT2D eigenvalue weighted by Crippen LogP contribution is 2.24. The van der Waals surface area contributed by atoms with Gasteiger partial charge >= 0.3 is 0 Å². The van der Waals surface area contributed by atoms with E-state index in [1.165, 1.54) is 19.4 Å². The molecule has 1 aromatic carbocycles.